The Hall–Kier alpha value is -0.900. The van der Waals surface area contributed by atoms with E-state index in [-0.39, 0.29) is 0 Å². The zero-order valence-electron chi connectivity index (χ0n) is 11.4. The highest BCUT2D eigenvalue weighted by atomic mass is 16.5. The molecule has 0 radical (unpaired) electrons. The van der Waals surface area contributed by atoms with E-state index in [9.17, 15) is 0 Å². The van der Waals surface area contributed by atoms with Gasteiger partial charge in [-0.25, -0.2) is 0 Å². The van der Waals surface area contributed by atoms with Crippen LogP contribution in [0.15, 0.2) is 30.3 Å². The van der Waals surface area contributed by atoms with E-state index in [0.717, 1.165) is 25.7 Å². The van der Waals surface area contributed by atoms with Crippen LogP contribution in [0.2, 0.25) is 0 Å². The molecule has 1 fully saturated rings. The van der Waals surface area contributed by atoms with E-state index in [0.29, 0.717) is 6.04 Å². The van der Waals surface area contributed by atoms with Crippen molar-refractivity contribution in [1.82, 2.24) is 10.2 Å². The molecule has 0 aromatic heterocycles. The molecule has 1 aromatic rings. The first-order valence-electron chi connectivity index (χ1n) is 6.80. The summed E-state index contributed by atoms with van der Waals surface area (Å²) in [6.07, 6.45) is 2.68. The number of likely N-dealkylation sites (N-methyl/N-ethyl adjacent to an activating group) is 1. The predicted molar refractivity (Wildman–Crippen MR) is 74.7 cm³/mol. The Balaban J connectivity index is 1.95. The van der Waals surface area contributed by atoms with Gasteiger partial charge < -0.3 is 10.1 Å². The minimum Gasteiger partial charge on any atom is -0.383 e. The topological polar surface area (TPSA) is 24.5 Å². The van der Waals surface area contributed by atoms with Crippen molar-refractivity contribution in [2.45, 2.75) is 24.9 Å². The molecule has 18 heavy (non-hydrogen) atoms. The van der Waals surface area contributed by atoms with E-state index in [1.807, 2.05) is 7.05 Å². The fourth-order valence-corrected chi connectivity index (χ4v) is 2.35. The van der Waals surface area contributed by atoms with Gasteiger partial charge in [0, 0.05) is 32.3 Å². The Morgan fingerprint density at radius 3 is 2.61 bits per heavy atom. The number of hydrogen-bond acceptors (Lipinski definition) is 3. The lowest BCUT2D eigenvalue weighted by Gasteiger charge is -2.27. The van der Waals surface area contributed by atoms with Gasteiger partial charge in [0.15, 0.2) is 0 Å². The lowest BCUT2D eigenvalue weighted by atomic mass is 10.1. The number of benzene rings is 1. The summed E-state index contributed by atoms with van der Waals surface area (Å²) in [4.78, 5) is 2.55. The lowest BCUT2D eigenvalue weighted by molar-refractivity contribution is 0.136. The number of methoxy groups -OCH3 is 1. The Morgan fingerprint density at radius 2 is 2.06 bits per heavy atom. The average molecular weight is 248 g/mol. The largest absolute Gasteiger partial charge is 0.383 e. The highest BCUT2D eigenvalue weighted by Gasteiger charge is 2.30. The molecule has 0 amide bonds. The van der Waals surface area contributed by atoms with Crippen LogP contribution in [0.4, 0.5) is 0 Å². The zero-order chi connectivity index (χ0) is 12.8. The van der Waals surface area contributed by atoms with Crippen molar-refractivity contribution in [2.75, 3.05) is 33.9 Å². The van der Waals surface area contributed by atoms with Crippen LogP contribution in [-0.2, 0) is 4.74 Å². The quantitative estimate of drug-likeness (QED) is 0.762. The van der Waals surface area contributed by atoms with Crippen LogP contribution >= 0.6 is 0 Å². The van der Waals surface area contributed by atoms with Gasteiger partial charge in [0.1, 0.15) is 0 Å². The molecule has 100 valence electrons. The Morgan fingerprint density at radius 1 is 1.33 bits per heavy atom. The van der Waals surface area contributed by atoms with Crippen molar-refractivity contribution in [1.29, 1.82) is 0 Å². The zero-order valence-corrected chi connectivity index (χ0v) is 11.4. The number of hydrogen-bond donors (Lipinski definition) is 1. The van der Waals surface area contributed by atoms with Crippen molar-refractivity contribution < 1.29 is 4.74 Å². The van der Waals surface area contributed by atoms with Crippen molar-refractivity contribution in [3.05, 3.63) is 35.9 Å². The van der Waals surface area contributed by atoms with E-state index in [1.165, 1.54) is 18.4 Å². The summed E-state index contributed by atoms with van der Waals surface area (Å²) in [6.45, 7) is 2.92. The van der Waals surface area contributed by atoms with E-state index in [4.69, 9.17) is 4.74 Å². The van der Waals surface area contributed by atoms with Crippen molar-refractivity contribution in [2.24, 2.45) is 0 Å². The molecule has 1 N–H and O–H groups in total. The van der Waals surface area contributed by atoms with E-state index in [2.05, 4.69) is 40.5 Å². The fourth-order valence-electron chi connectivity index (χ4n) is 2.35. The molecule has 1 atom stereocenters. The molecule has 1 saturated carbocycles. The summed E-state index contributed by atoms with van der Waals surface area (Å²) in [5, 5.41) is 3.43. The number of nitrogens with one attached hydrogen (secondary N) is 1. The molecule has 0 spiro atoms. The smallest absolute Gasteiger partial charge is 0.0589 e. The Bertz CT molecular complexity index is 338. The molecule has 1 aromatic carbocycles. The molecule has 0 saturated heterocycles. The SMILES string of the molecule is CNC(CN(CCOC)C1CC1)c1ccccc1. The monoisotopic (exact) mass is 248 g/mol. The first kappa shape index (κ1) is 13.5. The van der Waals surface area contributed by atoms with Crippen LogP contribution in [0, 0.1) is 0 Å². The molecule has 0 bridgehead atoms. The van der Waals surface area contributed by atoms with Gasteiger partial charge in [-0.05, 0) is 25.5 Å². The maximum absolute atomic E-state index is 5.21. The van der Waals surface area contributed by atoms with Crippen LogP contribution in [-0.4, -0.2) is 44.8 Å². The van der Waals surface area contributed by atoms with Crippen LogP contribution in [0.1, 0.15) is 24.4 Å². The van der Waals surface area contributed by atoms with E-state index in [1.54, 1.807) is 7.11 Å². The number of ether oxygens (including phenoxy) is 1. The standard InChI is InChI=1S/C15H24N2O/c1-16-15(13-6-4-3-5-7-13)12-17(10-11-18-2)14-8-9-14/h3-7,14-16H,8-12H2,1-2H3. The van der Waals surface area contributed by atoms with E-state index < -0.39 is 0 Å². The summed E-state index contributed by atoms with van der Waals surface area (Å²) < 4.78 is 5.21. The highest BCUT2D eigenvalue weighted by Crippen LogP contribution is 2.28. The first-order valence-corrected chi connectivity index (χ1v) is 6.80. The normalized spacial score (nSPS) is 17.1. The van der Waals surface area contributed by atoms with Crippen LogP contribution in [0.25, 0.3) is 0 Å². The van der Waals surface area contributed by atoms with Gasteiger partial charge in [-0.1, -0.05) is 30.3 Å². The van der Waals surface area contributed by atoms with Gasteiger partial charge in [0.05, 0.1) is 6.61 Å². The van der Waals surface area contributed by atoms with Crippen molar-refractivity contribution in [3.63, 3.8) is 0 Å². The van der Waals surface area contributed by atoms with Gasteiger partial charge in [0.2, 0.25) is 0 Å². The Labute approximate surface area is 110 Å². The summed E-state index contributed by atoms with van der Waals surface area (Å²) >= 11 is 0. The third-order valence-corrected chi connectivity index (χ3v) is 3.61. The summed E-state index contributed by atoms with van der Waals surface area (Å²) in [7, 11) is 3.82. The van der Waals surface area contributed by atoms with Gasteiger partial charge in [-0.2, -0.15) is 0 Å². The minimum atomic E-state index is 0.406. The second-order valence-electron chi connectivity index (χ2n) is 4.97. The number of nitrogens with zero attached hydrogens (tertiary/aromatic N) is 1. The average Bonchev–Trinajstić information content (AvgIpc) is 3.25. The van der Waals surface area contributed by atoms with Gasteiger partial charge in [-0.3, -0.25) is 4.90 Å². The first-order chi connectivity index (χ1) is 8.85. The minimum absolute atomic E-state index is 0.406. The third kappa shape index (κ3) is 3.80. The van der Waals surface area contributed by atoms with Crippen molar-refractivity contribution in [3.8, 4) is 0 Å². The molecule has 3 heteroatoms. The Kier molecular flexibility index (Phi) is 5.17. The van der Waals surface area contributed by atoms with Gasteiger partial charge >= 0.3 is 0 Å². The van der Waals surface area contributed by atoms with Gasteiger partial charge in [0.25, 0.3) is 0 Å². The molecule has 1 aliphatic rings. The molecule has 1 aliphatic carbocycles. The lowest BCUT2D eigenvalue weighted by Crippen LogP contribution is -2.37. The fraction of sp³-hybridized carbons (Fsp3) is 0.600. The van der Waals surface area contributed by atoms with Gasteiger partial charge in [-0.15, -0.1) is 0 Å². The predicted octanol–water partition coefficient (Wildman–Crippen LogP) is 2.06. The highest BCUT2D eigenvalue weighted by molar-refractivity contribution is 5.19. The molecule has 0 aliphatic heterocycles. The number of rotatable bonds is 8. The molecule has 0 heterocycles. The second-order valence-corrected chi connectivity index (χ2v) is 4.97. The molecule has 3 nitrogen and oxygen atoms in total. The van der Waals surface area contributed by atoms with E-state index >= 15 is 0 Å². The third-order valence-electron chi connectivity index (χ3n) is 3.61. The molecular weight excluding hydrogens is 224 g/mol. The molecular formula is C15H24N2O. The maximum Gasteiger partial charge on any atom is 0.0589 e. The van der Waals surface area contributed by atoms with Crippen LogP contribution < -0.4 is 5.32 Å². The molecule has 2 rings (SSSR count). The van der Waals surface area contributed by atoms with Crippen LogP contribution in [0.5, 0.6) is 0 Å². The summed E-state index contributed by atoms with van der Waals surface area (Å²) in [5.41, 5.74) is 1.36. The molecule has 1 unspecified atom stereocenters. The maximum atomic E-state index is 5.21. The van der Waals surface area contributed by atoms with Crippen molar-refractivity contribution >= 4 is 0 Å². The second kappa shape index (κ2) is 6.88. The van der Waals surface area contributed by atoms with Crippen LogP contribution in [0.3, 0.4) is 0 Å². The summed E-state index contributed by atoms with van der Waals surface area (Å²) in [6, 6.07) is 11.9. The summed E-state index contributed by atoms with van der Waals surface area (Å²) in [5.74, 6) is 0.